The molecule has 1 saturated carbocycles. The van der Waals surface area contributed by atoms with E-state index in [1.54, 1.807) is 0 Å². The Kier molecular flexibility index (Phi) is 7.58. The minimum atomic E-state index is -0.452. The average Bonchev–Trinajstić information content (AvgIpc) is 3.31. The minimum absolute atomic E-state index is 0.204. The van der Waals surface area contributed by atoms with E-state index in [4.69, 9.17) is 4.74 Å². The number of rotatable bonds is 6. The Bertz CT molecular complexity index is 1200. The molecular formula is C30H41N5O2. The maximum atomic E-state index is 12.3. The van der Waals surface area contributed by atoms with Gasteiger partial charge >= 0.3 is 6.09 Å². The third-order valence-corrected chi connectivity index (χ3v) is 7.65. The molecule has 2 aliphatic rings. The van der Waals surface area contributed by atoms with Gasteiger partial charge in [-0.1, -0.05) is 25.3 Å². The number of H-pyrrole nitrogens is 1. The van der Waals surface area contributed by atoms with E-state index in [0.29, 0.717) is 11.8 Å². The van der Waals surface area contributed by atoms with E-state index < -0.39 is 5.60 Å². The van der Waals surface area contributed by atoms with E-state index in [1.807, 2.05) is 38.1 Å². The van der Waals surface area contributed by atoms with Gasteiger partial charge in [0.05, 0.1) is 23.8 Å². The molecule has 7 heteroatoms. The van der Waals surface area contributed by atoms with Crippen molar-refractivity contribution in [2.24, 2.45) is 5.92 Å². The number of nitrogens with one attached hydrogen (secondary N) is 3. The van der Waals surface area contributed by atoms with Crippen molar-refractivity contribution >= 4 is 34.1 Å². The second kappa shape index (κ2) is 11.0. The van der Waals surface area contributed by atoms with Crippen molar-refractivity contribution in [3.8, 4) is 0 Å². The molecule has 0 radical (unpaired) electrons. The number of likely N-dealkylation sites (tertiary alicyclic amines) is 1. The summed E-state index contributed by atoms with van der Waals surface area (Å²) in [5, 5.41) is 8.42. The van der Waals surface area contributed by atoms with Crippen molar-refractivity contribution in [3.05, 3.63) is 48.4 Å². The molecule has 2 fully saturated rings. The van der Waals surface area contributed by atoms with Gasteiger partial charge in [0.1, 0.15) is 5.60 Å². The number of aromatic nitrogens is 2. The summed E-state index contributed by atoms with van der Waals surface area (Å²) in [4.78, 5) is 22.1. The Morgan fingerprint density at radius 3 is 2.54 bits per heavy atom. The normalized spacial score (nSPS) is 17.6. The zero-order chi connectivity index (χ0) is 25.8. The van der Waals surface area contributed by atoms with Crippen molar-refractivity contribution < 1.29 is 9.53 Å². The van der Waals surface area contributed by atoms with Crippen LogP contribution in [0.4, 0.5) is 21.9 Å². The molecule has 7 nitrogen and oxygen atoms in total. The van der Waals surface area contributed by atoms with Crippen molar-refractivity contribution in [1.82, 2.24) is 14.9 Å². The lowest BCUT2D eigenvalue weighted by atomic mass is 9.84. The van der Waals surface area contributed by atoms with E-state index in [-0.39, 0.29) is 6.09 Å². The molecule has 0 bridgehead atoms. The van der Waals surface area contributed by atoms with Gasteiger partial charge in [-0.15, -0.1) is 0 Å². The first-order valence-corrected chi connectivity index (χ1v) is 13.9. The number of carbonyl (C=O) groups is 1. The Balaban J connectivity index is 1.14. The maximum absolute atomic E-state index is 12.3. The first kappa shape index (κ1) is 25.4. The number of amides is 1. The molecule has 198 valence electrons. The standard InChI is InChI=1S/C30H41N5O2/c1-30(2,3)37-29(36)35-13-11-21(12-14-35)17-32-24-15-25(19-31-18-24)34-23-9-10-26-27(20-33-28(26)16-23)22-7-5-4-6-8-22/h9-10,15-16,18-22,32-34H,4-8,11-14,17H2,1-3H3. The second-order valence-electron chi connectivity index (χ2n) is 11.7. The molecule has 37 heavy (non-hydrogen) atoms. The molecule has 3 aromatic rings. The highest BCUT2D eigenvalue weighted by atomic mass is 16.6. The first-order valence-electron chi connectivity index (χ1n) is 13.9. The number of fused-ring (bicyclic) bond motifs is 1. The number of hydrogen-bond acceptors (Lipinski definition) is 5. The fraction of sp³-hybridized carbons (Fsp3) is 0.533. The smallest absolute Gasteiger partial charge is 0.410 e. The Morgan fingerprint density at radius 1 is 1.03 bits per heavy atom. The monoisotopic (exact) mass is 503 g/mol. The molecule has 1 aliphatic heterocycles. The van der Waals surface area contributed by atoms with Crippen LogP contribution in [-0.4, -0.2) is 46.2 Å². The van der Waals surface area contributed by atoms with Crippen LogP contribution in [0.15, 0.2) is 42.9 Å². The van der Waals surface area contributed by atoms with Crippen molar-refractivity contribution in [1.29, 1.82) is 0 Å². The van der Waals surface area contributed by atoms with E-state index in [2.05, 4.69) is 51.1 Å². The van der Waals surface area contributed by atoms with Crippen LogP contribution in [0.5, 0.6) is 0 Å². The van der Waals surface area contributed by atoms with Gasteiger partial charge < -0.3 is 25.3 Å². The van der Waals surface area contributed by atoms with E-state index in [9.17, 15) is 4.79 Å². The molecule has 0 atom stereocenters. The van der Waals surface area contributed by atoms with Crippen LogP contribution in [0.25, 0.3) is 10.9 Å². The predicted octanol–water partition coefficient (Wildman–Crippen LogP) is 7.41. The molecule has 1 saturated heterocycles. The Morgan fingerprint density at radius 2 is 1.78 bits per heavy atom. The number of hydrogen-bond donors (Lipinski definition) is 3. The van der Waals surface area contributed by atoms with Crippen molar-refractivity contribution in [3.63, 3.8) is 0 Å². The molecular weight excluding hydrogens is 462 g/mol. The summed E-state index contributed by atoms with van der Waals surface area (Å²) in [5.41, 5.74) is 5.23. The molecule has 0 unspecified atom stereocenters. The summed E-state index contributed by atoms with van der Waals surface area (Å²) in [5.74, 6) is 1.21. The third-order valence-electron chi connectivity index (χ3n) is 7.65. The van der Waals surface area contributed by atoms with Crippen LogP contribution in [0.1, 0.15) is 77.2 Å². The Labute approximate surface area is 220 Å². The molecule has 1 aromatic carbocycles. The largest absolute Gasteiger partial charge is 0.444 e. The van der Waals surface area contributed by atoms with E-state index in [0.717, 1.165) is 49.5 Å². The van der Waals surface area contributed by atoms with Crippen LogP contribution in [0.3, 0.4) is 0 Å². The van der Waals surface area contributed by atoms with Gasteiger partial charge in [0.2, 0.25) is 0 Å². The summed E-state index contributed by atoms with van der Waals surface area (Å²) in [6, 6.07) is 8.72. The Hall–Kier alpha value is -3.22. The lowest BCUT2D eigenvalue weighted by molar-refractivity contribution is 0.0188. The van der Waals surface area contributed by atoms with Crippen LogP contribution in [-0.2, 0) is 4.74 Å². The molecule has 3 N–H and O–H groups in total. The minimum Gasteiger partial charge on any atom is -0.444 e. The fourth-order valence-electron chi connectivity index (χ4n) is 5.66. The van der Waals surface area contributed by atoms with Gasteiger partial charge in [-0.05, 0) is 82.1 Å². The highest BCUT2D eigenvalue weighted by Gasteiger charge is 2.26. The molecule has 1 aliphatic carbocycles. The molecule has 0 spiro atoms. The van der Waals surface area contributed by atoms with Crippen molar-refractivity contribution in [2.45, 2.75) is 77.2 Å². The fourth-order valence-corrected chi connectivity index (χ4v) is 5.66. The number of ether oxygens (including phenoxy) is 1. The van der Waals surface area contributed by atoms with Gasteiger partial charge in [0.25, 0.3) is 0 Å². The van der Waals surface area contributed by atoms with Gasteiger partial charge in [0, 0.05) is 42.4 Å². The first-order chi connectivity index (χ1) is 17.8. The highest BCUT2D eigenvalue weighted by Crippen LogP contribution is 2.37. The van der Waals surface area contributed by atoms with Gasteiger partial charge in [-0.2, -0.15) is 0 Å². The molecule has 2 aromatic heterocycles. The topological polar surface area (TPSA) is 82.3 Å². The van der Waals surface area contributed by atoms with Gasteiger partial charge in [0.15, 0.2) is 0 Å². The zero-order valence-electron chi connectivity index (χ0n) is 22.5. The molecule has 5 rings (SSSR count). The number of piperidine rings is 1. The molecule has 3 heterocycles. The average molecular weight is 504 g/mol. The molecule has 1 amide bonds. The van der Waals surface area contributed by atoms with Crippen molar-refractivity contribution in [2.75, 3.05) is 30.3 Å². The summed E-state index contributed by atoms with van der Waals surface area (Å²) in [7, 11) is 0. The summed E-state index contributed by atoms with van der Waals surface area (Å²) in [6.45, 7) is 8.07. The van der Waals surface area contributed by atoms with E-state index in [1.165, 1.54) is 48.6 Å². The number of pyridine rings is 1. The number of nitrogens with zero attached hydrogens (tertiary/aromatic N) is 2. The SMILES string of the molecule is CC(C)(C)OC(=O)N1CCC(CNc2cncc(Nc3ccc4c(C5CCCCC5)c[nH]c4c3)c2)CC1. The lowest BCUT2D eigenvalue weighted by Crippen LogP contribution is -2.42. The predicted molar refractivity (Wildman–Crippen MR) is 151 cm³/mol. The maximum Gasteiger partial charge on any atom is 0.410 e. The highest BCUT2D eigenvalue weighted by molar-refractivity contribution is 5.87. The van der Waals surface area contributed by atoms with Gasteiger partial charge in [-0.25, -0.2) is 4.79 Å². The third kappa shape index (κ3) is 6.56. The lowest BCUT2D eigenvalue weighted by Gasteiger charge is -2.33. The zero-order valence-corrected chi connectivity index (χ0v) is 22.5. The number of benzene rings is 1. The van der Waals surface area contributed by atoms with E-state index >= 15 is 0 Å². The van der Waals surface area contributed by atoms with Crippen LogP contribution in [0.2, 0.25) is 0 Å². The number of aromatic amines is 1. The number of carbonyl (C=O) groups excluding carboxylic acids is 1. The summed E-state index contributed by atoms with van der Waals surface area (Å²) in [6.07, 6.45) is 14.4. The summed E-state index contributed by atoms with van der Waals surface area (Å²) < 4.78 is 5.51. The summed E-state index contributed by atoms with van der Waals surface area (Å²) >= 11 is 0. The van der Waals surface area contributed by atoms with Crippen LogP contribution < -0.4 is 10.6 Å². The van der Waals surface area contributed by atoms with Crippen LogP contribution in [0, 0.1) is 5.92 Å². The quantitative estimate of drug-likeness (QED) is 0.326. The van der Waals surface area contributed by atoms with Gasteiger partial charge in [-0.3, -0.25) is 4.98 Å². The number of anilines is 3. The second-order valence-corrected chi connectivity index (χ2v) is 11.7. The van der Waals surface area contributed by atoms with Crippen LogP contribution >= 0.6 is 0 Å².